The predicted octanol–water partition coefficient (Wildman–Crippen LogP) is 3.93. The summed E-state index contributed by atoms with van der Waals surface area (Å²) in [6.45, 7) is 8.13. The maximum atomic E-state index is 12.5. The normalized spacial score (nSPS) is 15.9. The molecule has 1 saturated heterocycles. The van der Waals surface area contributed by atoms with Crippen LogP contribution in [0.4, 0.5) is 0 Å². The molecule has 0 N–H and O–H groups in total. The van der Waals surface area contributed by atoms with Crippen LogP contribution in [0.1, 0.15) is 56.3 Å². The number of carbonyl (C=O) groups excluding carboxylic acids is 1. The molecule has 23 heavy (non-hydrogen) atoms. The van der Waals surface area contributed by atoms with Gasteiger partial charge in [-0.3, -0.25) is 4.79 Å². The Labute approximate surface area is 139 Å². The number of likely N-dealkylation sites (tertiary alicyclic amines) is 1. The SMILES string of the molecule is CCOc1ccc(C(=O)CCN2CCCCCC2)cc1OCC. The van der Waals surface area contributed by atoms with Gasteiger partial charge < -0.3 is 14.4 Å². The van der Waals surface area contributed by atoms with Crippen molar-refractivity contribution in [3.63, 3.8) is 0 Å². The molecule has 4 nitrogen and oxygen atoms in total. The van der Waals surface area contributed by atoms with Gasteiger partial charge in [0.05, 0.1) is 13.2 Å². The Hall–Kier alpha value is -1.55. The van der Waals surface area contributed by atoms with E-state index in [1.54, 1.807) is 0 Å². The van der Waals surface area contributed by atoms with Crippen LogP contribution in [0.2, 0.25) is 0 Å². The molecule has 1 aliphatic heterocycles. The van der Waals surface area contributed by atoms with Crippen molar-refractivity contribution >= 4 is 5.78 Å². The Morgan fingerprint density at radius 2 is 1.65 bits per heavy atom. The van der Waals surface area contributed by atoms with Gasteiger partial charge >= 0.3 is 0 Å². The first-order valence-corrected chi connectivity index (χ1v) is 8.89. The van der Waals surface area contributed by atoms with Crippen LogP contribution in [0.15, 0.2) is 18.2 Å². The third-order valence-electron chi connectivity index (χ3n) is 4.22. The summed E-state index contributed by atoms with van der Waals surface area (Å²) in [6.07, 6.45) is 5.72. The highest BCUT2D eigenvalue weighted by molar-refractivity contribution is 5.96. The fourth-order valence-corrected chi connectivity index (χ4v) is 2.99. The van der Waals surface area contributed by atoms with Crippen LogP contribution >= 0.6 is 0 Å². The molecule has 1 fully saturated rings. The second-order valence-corrected chi connectivity index (χ2v) is 5.96. The number of hydrogen-bond donors (Lipinski definition) is 0. The number of ether oxygens (including phenoxy) is 2. The molecule has 0 amide bonds. The zero-order valence-corrected chi connectivity index (χ0v) is 14.5. The lowest BCUT2D eigenvalue weighted by Gasteiger charge is -2.19. The molecule has 0 bridgehead atoms. The van der Waals surface area contributed by atoms with Crippen molar-refractivity contribution in [2.45, 2.75) is 46.0 Å². The van der Waals surface area contributed by atoms with Crippen molar-refractivity contribution in [1.82, 2.24) is 4.90 Å². The third kappa shape index (κ3) is 5.54. The quantitative estimate of drug-likeness (QED) is 0.681. The first-order chi connectivity index (χ1) is 11.2. The number of benzene rings is 1. The average molecular weight is 319 g/mol. The molecule has 1 heterocycles. The molecule has 1 aliphatic rings. The molecule has 0 atom stereocenters. The van der Waals surface area contributed by atoms with Crippen LogP contribution in [0.3, 0.4) is 0 Å². The highest BCUT2D eigenvalue weighted by Crippen LogP contribution is 2.29. The van der Waals surface area contributed by atoms with E-state index in [1.165, 1.54) is 25.7 Å². The molecular weight excluding hydrogens is 290 g/mol. The minimum absolute atomic E-state index is 0.179. The van der Waals surface area contributed by atoms with Crippen LogP contribution < -0.4 is 9.47 Å². The van der Waals surface area contributed by atoms with E-state index >= 15 is 0 Å². The van der Waals surface area contributed by atoms with E-state index in [1.807, 2.05) is 32.0 Å². The number of Topliss-reactive ketones (excluding diaryl/α,β-unsaturated/α-hetero) is 1. The molecule has 0 aromatic heterocycles. The lowest BCUT2D eigenvalue weighted by molar-refractivity contribution is 0.0964. The van der Waals surface area contributed by atoms with E-state index in [2.05, 4.69) is 4.90 Å². The first kappa shape index (κ1) is 17.8. The second-order valence-electron chi connectivity index (χ2n) is 5.96. The minimum atomic E-state index is 0.179. The summed E-state index contributed by atoms with van der Waals surface area (Å²) in [5.74, 6) is 1.55. The van der Waals surface area contributed by atoms with E-state index in [4.69, 9.17) is 9.47 Å². The number of carbonyl (C=O) groups is 1. The standard InChI is InChI=1S/C19H29NO3/c1-3-22-18-10-9-16(15-19(18)23-4-2)17(21)11-14-20-12-7-5-6-8-13-20/h9-10,15H,3-8,11-14H2,1-2H3. The van der Waals surface area contributed by atoms with Gasteiger partial charge in [-0.15, -0.1) is 0 Å². The topological polar surface area (TPSA) is 38.8 Å². The van der Waals surface area contributed by atoms with Gasteiger partial charge in [-0.25, -0.2) is 0 Å². The van der Waals surface area contributed by atoms with Crippen LogP contribution in [0, 0.1) is 0 Å². The Morgan fingerprint density at radius 3 is 2.30 bits per heavy atom. The highest BCUT2D eigenvalue weighted by Gasteiger charge is 2.14. The van der Waals surface area contributed by atoms with Gasteiger partial charge in [-0.2, -0.15) is 0 Å². The zero-order valence-electron chi connectivity index (χ0n) is 14.5. The molecular formula is C19H29NO3. The van der Waals surface area contributed by atoms with Gasteiger partial charge in [-0.1, -0.05) is 12.8 Å². The Morgan fingerprint density at radius 1 is 1.00 bits per heavy atom. The van der Waals surface area contributed by atoms with Crippen molar-refractivity contribution in [2.75, 3.05) is 32.8 Å². The van der Waals surface area contributed by atoms with Crippen molar-refractivity contribution < 1.29 is 14.3 Å². The molecule has 2 rings (SSSR count). The molecule has 0 unspecified atom stereocenters. The molecule has 0 aliphatic carbocycles. The zero-order chi connectivity index (χ0) is 16.5. The maximum absolute atomic E-state index is 12.5. The van der Waals surface area contributed by atoms with E-state index in [-0.39, 0.29) is 5.78 Å². The van der Waals surface area contributed by atoms with E-state index < -0.39 is 0 Å². The summed E-state index contributed by atoms with van der Waals surface area (Å²) in [5, 5.41) is 0. The summed E-state index contributed by atoms with van der Waals surface area (Å²) < 4.78 is 11.2. The monoisotopic (exact) mass is 319 g/mol. The minimum Gasteiger partial charge on any atom is -0.490 e. The van der Waals surface area contributed by atoms with Gasteiger partial charge in [-0.05, 0) is 58.0 Å². The first-order valence-electron chi connectivity index (χ1n) is 8.89. The van der Waals surface area contributed by atoms with Gasteiger partial charge in [0.1, 0.15) is 0 Å². The fraction of sp³-hybridized carbons (Fsp3) is 0.632. The predicted molar refractivity (Wildman–Crippen MR) is 92.6 cm³/mol. The molecule has 1 aromatic rings. The summed E-state index contributed by atoms with van der Waals surface area (Å²) >= 11 is 0. The van der Waals surface area contributed by atoms with Crippen LogP contribution in [-0.2, 0) is 0 Å². The Balaban J connectivity index is 1.96. The molecule has 0 spiro atoms. The summed E-state index contributed by atoms with van der Waals surface area (Å²) in [7, 11) is 0. The maximum Gasteiger partial charge on any atom is 0.164 e. The van der Waals surface area contributed by atoms with E-state index in [9.17, 15) is 4.79 Å². The molecule has 0 saturated carbocycles. The molecule has 128 valence electrons. The molecule has 0 radical (unpaired) electrons. The van der Waals surface area contributed by atoms with Crippen molar-refractivity contribution in [3.05, 3.63) is 23.8 Å². The smallest absolute Gasteiger partial charge is 0.164 e. The summed E-state index contributed by atoms with van der Waals surface area (Å²) in [5.41, 5.74) is 0.715. The van der Waals surface area contributed by atoms with Gasteiger partial charge in [0, 0.05) is 18.5 Å². The average Bonchev–Trinajstić information content (AvgIpc) is 2.83. The lowest BCUT2D eigenvalue weighted by Crippen LogP contribution is -2.27. The van der Waals surface area contributed by atoms with Crippen molar-refractivity contribution in [2.24, 2.45) is 0 Å². The molecule has 1 aromatic carbocycles. The fourth-order valence-electron chi connectivity index (χ4n) is 2.99. The highest BCUT2D eigenvalue weighted by atomic mass is 16.5. The van der Waals surface area contributed by atoms with Crippen molar-refractivity contribution in [3.8, 4) is 11.5 Å². The lowest BCUT2D eigenvalue weighted by atomic mass is 10.1. The number of rotatable bonds is 8. The van der Waals surface area contributed by atoms with Gasteiger partial charge in [0.25, 0.3) is 0 Å². The summed E-state index contributed by atoms with van der Waals surface area (Å²) in [4.78, 5) is 14.9. The number of hydrogen-bond acceptors (Lipinski definition) is 4. The van der Waals surface area contributed by atoms with Crippen molar-refractivity contribution in [1.29, 1.82) is 0 Å². The summed E-state index contributed by atoms with van der Waals surface area (Å²) in [6, 6.07) is 5.51. The Kier molecular flexibility index (Phi) is 7.40. The Bertz CT molecular complexity index is 493. The number of ketones is 1. The van der Waals surface area contributed by atoms with Gasteiger partial charge in [0.15, 0.2) is 17.3 Å². The van der Waals surface area contributed by atoms with E-state index in [0.29, 0.717) is 36.7 Å². The number of nitrogens with zero attached hydrogens (tertiary/aromatic N) is 1. The largest absolute Gasteiger partial charge is 0.490 e. The second kappa shape index (κ2) is 9.56. The van der Waals surface area contributed by atoms with Crippen LogP contribution in [0.5, 0.6) is 11.5 Å². The van der Waals surface area contributed by atoms with E-state index in [0.717, 1.165) is 19.6 Å². The van der Waals surface area contributed by atoms with Crippen LogP contribution in [-0.4, -0.2) is 43.5 Å². The molecule has 4 heteroatoms. The third-order valence-corrected chi connectivity index (χ3v) is 4.22. The van der Waals surface area contributed by atoms with Crippen LogP contribution in [0.25, 0.3) is 0 Å². The van der Waals surface area contributed by atoms with Gasteiger partial charge in [0.2, 0.25) is 0 Å².